The van der Waals surface area contributed by atoms with E-state index < -0.39 is 6.10 Å². The number of para-hydroxylation sites is 1. The second-order valence-electron chi connectivity index (χ2n) is 7.94. The Labute approximate surface area is 187 Å². The number of aliphatic hydroxyl groups excluding tert-OH is 1. The average molecular weight is 435 g/mol. The highest BCUT2D eigenvalue weighted by atomic mass is 19.1. The molecule has 3 aromatic rings. The summed E-state index contributed by atoms with van der Waals surface area (Å²) in [6, 6.07) is 25.9. The van der Waals surface area contributed by atoms with Crippen LogP contribution in [0.1, 0.15) is 17.5 Å². The standard InChI is InChI=1S/C26H27FN2O3/c27-22-11-7-8-20(14-22)16-29(17-23(30)19-31-24-12-5-2-6-13-24)18-25-15-26(28-32-25)21-9-3-1-4-10-21/h1-14,23,25,30H,15-19H2/t23-,25-/m0/s1. The van der Waals surface area contributed by atoms with E-state index in [1.165, 1.54) is 12.1 Å². The number of oxime groups is 1. The Morgan fingerprint density at radius 1 is 1.03 bits per heavy atom. The van der Waals surface area contributed by atoms with Crippen molar-refractivity contribution in [3.05, 3.63) is 102 Å². The highest BCUT2D eigenvalue weighted by Gasteiger charge is 2.26. The van der Waals surface area contributed by atoms with Crippen LogP contribution in [0.2, 0.25) is 0 Å². The van der Waals surface area contributed by atoms with Crippen molar-refractivity contribution in [2.75, 3.05) is 19.7 Å². The SMILES string of the molecule is O[C@H](COc1ccccc1)CN(Cc1cccc(F)c1)C[C@@H]1CC(c2ccccc2)=NO1. The molecule has 166 valence electrons. The smallest absolute Gasteiger partial charge is 0.145 e. The summed E-state index contributed by atoms with van der Waals surface area (Å²) in [6.07, 6.45) is -0.166. The van der Waals surface area contributed by atoms with Crippen LogP contribution in [-0.4, -0.2) is 47.6 Å². The quantitative estimate of drug-likeness (QED) is 0.518. The van der Waals surface area contributed by atoms with Gasteiger partial charge in [0, 0.05) is 26.1 Å². The Bertz CT molecular complexity index is 1010. The molecule has 1 aliphatic rings. The van der Waals surface area contributed by atoms with Crippen molar-refractivity contribution < 1.29 is 19.1 Å². The fourth-order valence-corrected chi connectivity index (χ4v) is 3.77. The summed E-state index contributed by atoms with van der Waals surface area (Å²) >= 11 is 0. The van der Waals surface area contributed by atoms with Crippen LogP contribution in [0.25, 0.3) is 0 Å². The van der Waals surface area contributed by atoms with E-state index in [2.05, 4.69) is 10.1 Å². The molecule has 0 spiro atoms. The van der Waals surface area contributed by atoms with Gasteiger partial charge in [-0.05, 0) is 35.4 Å². The van der Waals surface area contributed by atoms with Crippen LogP contribution in [0.5, 0.6) is 5.75 Å². The first-order valence-electron chi connectivity index (χ1n) is 10.8. The minimum atomic E-state index is -0.709. The molecule has 0 fully saturated rings. The molecular weight excluding hydrogens is 407 g/mol. The Kier molecular flexibility index (Phi) is 7.48. The van der Waals surface area contributed by atoms with E-state index in [9.17, 15) is 9.50 Å². The van der Waals surface area contributed by atoms with Gasteiger partial charge >= 0.3 is 0 Å². The van der Waals surface area contributed by atoms with Crippen molar-refractivity contribution in [3.63, 3.8) is 0 Å². The van der Waals surface area contributed by atoms with Gasteiger partial charge in [0.25, 0.3) is 0 Å². The van der Waals surface area contributed by atoms with Crippen molar-refractivity contribution in [2.45, 2.75) is 25.2 Å². The van der Waals surface area contributed by atoms with Crippen molar-refractivity contribution >= 4 is 5.71 Å². The first kappa shape index (κ1) is 22.0. The molecule has 0 aromatic heterocycles. The van der Waals surface area contributed by atoms with Gasteiger partial charge in [-0.15, -0.1) is 0 Å². The summed E-state index contributed by atoms with van der Waals surface area (Å²) in [5.41, 5.74) is 2.79. The van der Waals surface area contributed by atoms with E-state index >= 15 is 0 Å². The lowest BCUT2D eigenvalue weighted by Gasteiger charge is -2.27. The zero-order valence-electron chi connectivity index (χ0n) is 17.8. The summed E-state index contributed by atoms with van der Waals surface area (Å²) in [5.74, 6) is 0.436. The number of nitrogens with zero attached hydrogens (tertiary/aromatic N) is 2. The molecule has 1 N–H and O–H groups in total. The van der Waals surface area contributed by atoms with Crippen molar-refractivity contribution in [1.82, 2.24) is 4.90 Å². The first-order chi connectivity index (χ1) is 15.7. The predicted octanol–water partition coefficient (Wildman–Crippen LogP) is 4.26. The molecule has 0 unspecified atom stereocenters. The maximum atomic E-state index is 13.7. The lowest BCUT2D eigenvalue weighted by Crippen LogP contribution is -2.39. The third-order valence-electron chi connectivity index (χ3n) is 5.25. The molecule has 5 nitrogen and oxygen atoms in total. The number of ether oxygens (including phenoxy) is 1. The third kappa shape index (κ3) is 6.39. The predicted molar refractivity (Wildman–Crippen MR) is 122 cm³/mol. The number of hydrogen-bond acceptors (Lipinski definition) is 5. The molecule has 0 saturated carbocycles. The monoisotopic (exact) mass is 434 g/mol. The molecule has 2 atom stereocenters. The van der Waals surface area contributed by atoms with Gasteiger partial charge in [0.2, 0.25) is 0 Å². The summed E-state index contributed by atoms with van der Waals surface area (Å²) < 4.78 is 19.4. The van der Waals surface area contributed by atoms with Crippen LogP contribution >= 0.6 is 0 Å². The Hall–Kier alpha value is -3.22. The van der Waals surface area contributed by atoms with E-state index in [1.54, 1.807) is 6.07 Å². The molecule has 3 aromatic carbocycles. The summed E-state index contributed by atoms with van der Waals surface area (Å²) in [6.45, 7) is 1.57. The molecule has 0 saturated heterocycles. The maximum Gasteiger partial charge on any atom is 0.145 e. The third-order valence-corrected chi connectivity index (χ3v) is 5.25. The van der Waals surface area contributed by atoms with Gasteiger partial charge in [-0.25, -0.2) is 4.39 Å². The van der Waals surface area contributed by atoms with Crippen molar-refractivity contribution in [1.29, 1.82) is 0 Å². The number of benzene rings is 3. The van der Waals surface area contributed by atoms with Gasteiger partial charge in [0.15, 0.2) is 0 Å². The van der Waals surface area contributed by atoms with Crippen LogP contribution in [-0.2, 0) is 11.4 Å². The molecule has 32 heavy (non-hydrogen) atoms. The van der Waals surface area contributed by atoms with E-state index in [-0.39, 0.29) is 18.5 Å². The minimum Gasteiger partial charge on any atom is -0.491 e. The van der Waals surface area contributed by atoms with Crippen LogP contribution < -0.4 is 4.74 Å². The number of rotatable bonds is 10. The second kappa shape index (κ2) is 10.9. The van der Waals surface area contributed by atoms with Gasteiger partial charge in [-0.3, -0.25) is 4.90 Å². The summed E-state index contributed by atoms with van der Waals surface area (Å²) in [7, 11) is 0. The largest absolute Gasteiger partial charge is 0.491 e. The lowest BCUT2D eigenvalue weighted by molar-refractivity contribution is 0.0213. The Morgan fingerprint density at radius 2 is 1.78 bits per heavy atom. The van der Waals surface area contributed by atoms with Gasteiger partial charge in [0.1, 0.15) is 30.4 Å². The molecule has 1 heterocycles. The van der Waals surface area contributed by atoms with E-state index in [0.29, 0.717) is 31.8 Å². The lowest BCUT2D eigenvalue weighted by atomic mass is 10.0. The molecule has 0 aliphatic carbocycles. The normalized spacial score (nSPS) is 16.5. The minimum absolute atomic E-state index is 0.138. The van der Waals surface area contributed by atoms with E-state index in [4.69, 9.17) is 9.57 Å². The number of halogens is 1. The van der Waals surface area contributed by atoms with Crippen molar-refractivity contribution in [2.24, 2.45) is 5.16 Å². The molecule has 0 radical (unpaired) electrons. The Balaban J connectivity index is 1.37. The molecule has 0 bridgehead atoms. The van der Waals surface area contributed by atoms with Gasteiger partial charge in [-0.2, -0.15) is 0 Å². The molecule has 1 aliphatic heterocycles. The van der Waals surface area contributed by atoms with Crippen LogP contribution in [0.3, 0.4) is 0 Å². The zero-order chi connectivity index (χ0) is 22.2. The second-order valence-corrected chi connectivity index (χ2v) is 7.94. The number of aliphatic hydroxyl groups is 1. The molecule has 0 amide bonds. The molecule has 4 rings (SSSR count). The van der Waals surface area contributed by atoms with Gasteiger partial charge < -0.3 is 14.7 Å². The highest BCUT2D eigenvalue weighted by Crippen LogP contribution is 2.19. The first-order valence-corrected chi connectivity index (χ1v) is 10.8. The van der Waals surface area contributed by atoms with Gasteiger partial charge in [-0.1, -0.05) is 65.8 Å². The summed E-state index contributed by atoms with van der Waals surface area (Å²) in [4.78, 5) is 7.74. The number of hydrogen-bond donors (Lipinski definition) is 1. The van der Waals surface area contributed by atoms with E-state index in [1.807, 2.05) is 66.7 Å². The average Bonchev–Trinajstić information content (AvgIpc) is 3.27. The van der Waals surface area contributed by atoms with E-state index in [0.717, 1.165) is 16.8 Å². The fraction of sp³-hybridized carbons (Fsp3) is 0.269. The zero-order valence-corrected chi connectivity index (χ0v) is 17.8. The maximum absolute atomic E-state index is 13.7. The molecule has 6 heteroatoms. The fourth-order valence-electron chi connectivity index (χ4n) is 3.77. The van der Waals surface area contributed by atoms with Crippen LogP contribution in [0.15, 0.2) is 90.1 Å². The highest BCUT2D eigenvalue weighted by molar-refractivity contribution is 6.01. The topological polar surface area (TPSA) is 54.3 Å². The molecular formula is C26H27FN2O3. The Morgan fingerprint density at radius 3 is 2.53 bits per heavy atom. The van der Waals surface area contributed by atoms with Crippen LogP contribution in [0.4, 0.5) is 4.39 Å². The van der Waals surface area contributed by atoms with Gasteiger partial charge in [0.05, 0.1) is 5.71 Å². The van der Waals surface area contributed by atoms with Crippen molar-refractivity contribution in [3.8, 4) is 5.75 Å². The summed E-state index contributed by atoms with van der Waals surface area (Å²) in [5, 5.41) is 14.9. The van der Waals surface area contributed by atoms with Crippen LogP contribution in [0, 0.1) is 5.82 Å².